The van der Waals surface area contributed by atoms with E-state index in [0.717, 1.165) is 12.0 Å². The van der Waals surface area contributed by atoms with Crippen LogP contribution >= 0.6 is 0 Å². The molecule has 9 heteroatoms. The molecule has 0 saturated carbocycles. The molecule has 0 aliphatic heterocycles. The van der Waals surface area contributed by atoms with E-state index in [4.69, 9.17) is 9.15 Å². The van der Waals surface area contributed by atoms with Gasteiger partial charge in [-0.05, 0) is 47.5 Å². The summed E-state index contributed by atoms with van der Waals surface area (Å²) in [4.78, 5) is 24.9. The molecule has 27 heavy (non-hydrogen) atoms. The lowest BCUT2D eigenvalue weighted by atomic mass is 10.1. The third kappa shape index (κ3) is 4.20. The Balaban J connectivity index is 1.75. The van der Waals surface area contributed by atoms with Crippen LogP contribution in [0.2, 0.25) is 0 Å². The van der Waals surface area contributed by atoms with Gasteiger partial charge in [-0.25, -0.2) is 9.48 Å². The largest absolute Gasteiger partial charge is 0.459 e. The summed E-state index contributed by atoms with van der Waals surface area (Å²) < 4.78 is 12.0. The van der Waals surface area contributed by atoms with E-state index in [1.54, 1.807) is 41.9 Å². The Hall–Kier alpha value is -3.49. The molecule has 0 unspecified atom stereocenters. The van der Waals surface area contributed by atoms with Crippen molar-refractivity contribution >= 4 is 17.6 Å². The first kappa shape index (κ1) is 18.3. The van der Waals surface area contributed by atoms with Crippen LogP contribution in [0.1, 0.15) is 45.6 Å². The molecule has 1 amide bonds. The summed E-state index contributed by atoms with van der Waals surface area (Å²) in [5, 5.41) is 14.0. The van der Waals surface area contributed by atoms with Crippen molar-refractivity contribution in [1.29, 1.82) is 0 Å². The summed E-state index contributed by atoms with van der Waals surface area (Å²) in [5.74, 6) is -0.426. The molecule has 2 aromatic heterocycles. The van der Waals surface area contributed by atoms with E-state index in [9.17, 15) is 9.59 Å². The van der Waals surface area contributed by atoms with Crippen LogP contribution in [0, 0.1) is 6.92 Å². The number of furan rings is 1. The first-order chi connectivity index (χ1) is 13.1. The summed E-state index contributed by atoms with van der Waals surface area (Å²) in [7, 11) is 0. The predicted octanol–water partition coefficient (Wildman–Crippen LogP) is 2.59. The van der Waals surface area contributed by atoms with Crippen LogP contribution in [-0.4, -0.2) is 32.1 Å². The fourth-order valence-electron chi connectivity index (χ4n) is 2.51. The van der Waals surface area contributed by atoms with E-state index in [-0.39, 0.29) is 17.9 Å². The number of aromatic nitrogens is 4. The van der Waals surface area contributed by atoms with Crippen LogP contribution in [0.15, 0.2) is 41.0 Å². The molecule has 0 saturated heterocycles. The third-order valence-corrected chi connectivity index (χ3v) is 3.85. The summed E-state index contributed by atoms with van der Waals surface area (Å²) in [5.41, 5.74) is 1.33. The molecule has 1 aromatic carbocycles. The van der Waals surface area contributed by atoms with Gasteiger partial charge in [0.25, 0.3) is 5.91 Å². The van der Waals surface area contributed by atoms with E-state index in [2.05, 4.69) is 20.8 Å². The summed E-state index contributed by atoms with van der Waals surface area (Å²) in [6.07, 6.45) is 2.26. The van der Waals surface area contributed by atoms with Crippen molar-refractivity contribution in [3.8, 4) is 0 Å². The molecule has 0 spiro atoms. The lowest BCUT2D eigenvalue weighted by Crippen LogP contribution is -2.17. The van der Waals surface area contributed by atoms with Crippen LogP contribution < -0.4 is 5.32 Å². The topological polar surface area (TPSA) is 112 Å². The predicted molar refractivity (Wildman–Crippen MR) is 95.1 cm³/mol. The standard InChI is InChI=1S/C18H19N5O4/c1-3-9-23-15(20-21-22-23)11-27-18(25)13-7-4-6-12(2)16(13)19-17(24)14-8-5-10-26-14/h4-8,10H,3,9,11H2,1-2H3,(H,19,24). The van der Waals surface area contributed by atoms with Crippen molar-refractivity contribution in [2.75, 3.05) is 5.32 Å². The number of hydrogen-bond donors (Lipinski definition) is 1. The molecule has 0 radical (unpaired) electrons. The van der Waals surface area contributed by atoms with E-state index in [0.29, 0.717) is 18.1 Å². The number of benzene rings is 1. The highest BCUT2D eigenvalue weighted by Gasteiger charge is 2.19. The number of nitrogens with zero attached hydrogens (tertiary/aromatic N) is 4. The third-order valence-electron chi connectivity index (χ3n) is 3.85. The second-order valence-electron chi connectivity index (χ2n) is 5.82. The molecule has 3 rings (SSSR count). The minimum atomic E-state index is -0.584. The van der Waals surface area contributed by atoms with Gasteiger partial charge >= 0.3 is 5.97 Å². The molecular formula is C18H19N5O4. The van der Waals surface area contributed by atoms with Crippen molar-refractivity contribution in [2.45, 2.75) is 33.4 Å². The monoisotopic (exact) mass is 369 g/mol. The Morgan fingerprint density at radius 3 is 2.85 bits per heavy atom. The Morgan fingerprint density at radius 2 is 2.11 bits per heavy atom. The highest BCUT2D eigenvalue weighted by atomic mass is 16.5. The average Bonchev–Trinajstić information content (AvgIpc) is 3.33. The summed E-state index contributed by atoms with van der Waals surface area (Å²) in [6, 6.07) is 8.25. The lowest BCUT2D eigenvalue weighted by molar-refractivity contribution is 0.0457. The summed E-state index contributed by atoms with van der Waals surface area (Å²) >= 11 is 0. The van der Waals surface area contributed by atoms with E-state index < -0.39 is 11.9 Å². The number of amides is 1. The minimum absolute atomic E-state index is 0.0641. The zero-order valence-electron chi connectivity index (χ0n) is 15.0. The fraction of sp³-hybridized carbons (Fsp3) is 0.278. The number of nitrogens with one attached hydrogen (secondary N) is 1. The number of tetrazole rings is 1. The number of aryl methyl sites for hydroxylation is 2. The Kier molecular flexibility index (Phi) is 5.60. The number of rotatable bonds is 7. The van der Waals surface area contributed by atoms with Crippen LogP contribution in [-0.2, 0) is 17.9 Å². The molecular weight excluding hydrogens is 350 g/mol. The second kappa shape index (κ2) is 8.26. The highest BCUT2D eigenvalue weighted by molar-refractivity contribution is 6.07. The molecule has 9 nitrogen and oxygen atoms in total. The maximum absolute atomic E-state index is 12.6. The van der Waals surface area contributed by atoms with Gasteiger partial charge in [-0.2, -0.15) is 0 Å². The highest BCUT2D eigenvalue weighted by Crippen LogP contribution is 2.23. The number of carbonyl (C=O) groups is 2. The zero-order valence-corrected chi connectivity index (χ0v) is 15.0. The van der Waals surface area contributed by atoms with Crippen molar-refractivity contribution in [3.05, 3.63) is 59.3 Å². The van der Waals surface area contributed by atoms with Gasteiger partial charge in [-0.3, -0.25) is 4.79 Å². The summed E-state index contributed by atoms with van der Waals surface area (Å²) in [6.45, 7) is 4.36. The molecule has 1 N–H and O–H groups in total. The van der Waals surface area contributed by atoms with E-state index >= 15 is 0 Å². The first-order valence-electron chi connectivity index (χ1n) is 8.46. The molecule has 0 atom stereocenters. The second-order valence-corrected chi connectivity index (χ2v) is 5.82. The molecule has 0 aliphatic rings. The average molecular weight is 369 g/mol. The van der Waals surface area contributed by atoms with Gasteiger partial charge in [0.15, 0.2) is 18.2 Å². The van der Waals surface area contributed by atoms with Gasteiger partial charge in [0.1, 0.15) is 0 Å². The van der Waals surface area contributed by atoms with Gasteiger partial charge in [-0.15, -0.1) is 5.10 Å². The molecule has 0 aliphatic carbocycles. The van der Waals surface area contributed by atoms with Crippen molar-refractivity contribution in [3.63, 3.8) is 0 Å². The minimum Gasteiger partial charge on any atom is -0.459 e. The van der Waals surface area contributed by atoms with Crippen LogP contribution in [0.3, 0.4) is 0 Å². The zero-order chi connectivity index (χ0) is 19.2. The Bertz CT molecular complexity index is 933. The smallest absolute Gasteiger partial charge is 0.340 e. The van der Waals surface area contributed by atoms with Gasteiger partial charge in [0.05, 0.1) is 17.5 Å². The number of hydrogen-bond acceptors (Lipinski definition) is 7. The van der Waals surface area contributed by atoms with E-state index in [1.807, 2.05) is 6.92 Å². The maximum Gasteiger partial charge on any atom is 0.340 e. The maximum atomic E-state index is 12.6. The van der Waals surface area contributed by atoms with Gasteiger partial charge in [0, 0.05) is 6.54 Å². The number of para-hydroxylation sites is 1. The van der Waals surface area contributed by atoms with Crippen LogP contribution in [0.5, 0.6) is 0 Å². The van der Waals surface area contributed by atoms with Crippen molar-refractivity contribution in [1.82, 2.24) is 20.2 Å². The number of carbonyl (C=O) groups excluding carboxylic acids is 2. The molecule has 2 heterocycles. The Morgan fingerprint density at radius 1 is 1.26 bits per heavy atom. The lowest BCUT2D eigenvalue weighted by Gasteiger charge is -2.13. The first-order valence-corrected chi connectivity index (χ1v) is 8.46. The molecule has 0 fully saturated rings. The van der Waals surface area contributed by atoms with Crippen molar-refractivity contribution < 1.29 is 18.7 Å². The van der Waals surface area contributed by atoms with Gasteiger partial charge in [-0.1, -0.05) is 19.1 Å². The fourth-order valence-corrected chi connectivity index (χ4v) is 2.51. The number of ether oxygens (including phenoxy) is 1. The van der Waals surface area contributed by atoms with Crippen molar-refractivity contribution in [2.24, 2.45) is 0 Å². The Labute approximate surface area is 155 Å². The van der Waals surface area contributed by atoms with Gasteiger partial charge < -0.3 is 14.5 Å². The van der Waals surface area contributed by atoms with Crippen LogP contribution in [0.4, 0.5) is 5.69 Å². The number of esters is 1. The van der Waals surface area contributed by atoms with Gasteiger partial charge in [0.2, 0.25) is 0 Å². The normalized spacial score (nSPS) is 10.6. The SMILES string of the molecule is CCCn1nnnc1COC(=O)c1cccc(C)c1NC(=O)c1ccco1. The van der Waals surface area contributed by atoms with Crippen LogP contribution in [0.25, 0.3) is 0 Å². The molecule has 0 bridgehead atoms. The molecule has 140 valence electrons. The number of anilines is 1. The quantitative estimate of drug-likeness (QED) is 0.637. The van der Waals surface area contributed by atoms with E-state index in [1.165, 1.54) is 6.26 Å². The molecule has 3 aromatic rings.